The maximum atomic E-state index is 13.4. The first-order chi connectivity index (χ1) is 25.5. The normalized spacial score (nSPS) is 13.2. The average Bonchev–Trinajstić information content (AvgIpc) is 3.14. The van der Waals surface area contributed by atoms with Gasteiger partial charge in [-0.3, -0.25) is 24.0 Å². The molecule has 1 aromatic rings. The minimum absolute atomic E-state index is 0.0241. The van der Waals surface area contributed by atoms with E-state index >= 15 is 0 Å². The number of rotatable bonds is 30. The first-order valence-electron chi connectivity index (χ1n) is 20.1. The highest BCUT2D eigenvalue weighted by Crippen LogP contribution is 2.10. The van der Waals surface area contributed by atoms with E-state index in [2.05, 4.69) is 40.4 Å². The first-order valence-corrected chi connectivity index (χ1v) is 20.1. The Hall–Kier alpha value is -3.96. The van der Waals surface area contributed by atoms with Crippen molar-refractivity contribution in [2.75, 3.05) is 13.7 Å². The molecule has 0 aliphatic rings. The third kappa shape index (κ3) is 22.7. The fraction of sp³-hybridized carbons (Fsp3) is 0.707. The Balaban J connectivity index is 2.70. The number of amides is 5. The molecule has 0 fully saturated rings. The van der Waals surface area contributed by atoms with E-state index in [-0.39, 0.29) is 24.7 Å². The highest BCUT2D eigenvalue weighted by Gasteiger charge is 2.28. The van der Waals surface area contributed by atoms with Crippen molar-refractivity contribution < 1.29 is 33.5 Å². The molecule has 53 heavy (non-hydrogen) atoms. The van der Waals surface area contributed by atoms with Gasteiger partial charge in [-0.25, -0.2) is 4.79 Å². The van der Waals surface area contributed by atoms with Crippen molar-refractivity contribution in [3.8, 4) is 0 Å². The number of benzene rings is 1. The monoisotopic (exact) mass is 744 g/mol. The summed E-state index contributed by atoms with van der Waals surface area (Å²) in [5.74, 6) is -2.60. The zero-order valence-electron chi connectivity index (χ0n) is 33.2. The molecular weight excluding hydrogens is 674 g/mol. The quantitative estimate of drug-likeness (QED) is 0.0507. The second kappa shape index (κ2) is 29.5. The second-order valence-corrected chi connectivity index (χ2v) is 14.1. The van der Waals surface area contributed by atoms with Gasteiger partial charge < -0.3 is 31.3 Å². The number of carbonyl (C=O) groups excluding carboxylic acids is 6. The van der Waals surface area contributed by atoms with Crippen molar-refractivity contribution >= 4 is 35.5 Å². The van der Waals surface area contributed by atoms with Crippen LogP contribution in [0.25, 0.3) is 0 Å². The van der Waals surface area contributed by atoms with Crippen molar-refractivity contribution in [3.05, 3.63) is 35.9 Å². The van der Waals surface area contributed by atoms with Crippen LogP contribution in [0.1, 0.15) is 149 Å². The van der Waals surface area contributed by atoms with Crippen molar-refractivity contribution in [3.63, 3.8) is 0 Å². The Morgan fingerprint density at radius 1 is 0.566 bits per heavy atom. The van der Waals surface area contributed by atoms with Crippen LogP contribution in [-0.2, 0) is 39.9 Å². The molecule has 0 heterocycles. The number of unbranched alkanes of at least 4 members (excludes halogenated alkanes) is 12. The molecule has 5 amide bonds. The molecule has 0 unspecified atom stereocenters. The van der Waals surface area contributed by atoms with Gasteiger partial charge in [0.05, 0.1) is 7.11 Å². The van der Waals surface area contributed by atoms with Gasteiger partial charge in [0.2, 0.25) is 29.5 Å². The van der Waals surface area contributed by atoms with Crippen LogP contribution in [0.4, 0.5) is 0 Å². The molecule has 5 N–H and O–H groups in total. The molecule has 12 heteroatoms. The van der Waals surface area contributed by atoms with E-state index in [1.807, 2.05) is 30.3 Å². The summed E-state index contributed by atoms with van der Waals surface area (Å²) in [6, 6.07) is 5.26. The number of ether oxygens (including phenoxy) is 1. The SMILES string of the molecule is CCCCCCCCCC(=O)NCCC[C@H](NC(=O)CCCCCCCCC)C(=O)N[C@@H](C)C(=O)N[C@@H](C)C(=O)N[C@@H](Cc1ccccc1)C(=O)OC. The molecule has 0 saturated carbocycles. The predicted molar refractivity (Wildman–Crippen MR) is 209 cm³/mol. The zero-order valence-corrected chi connectivity index (χ0v) is 33.2. The maximum absolute atomic E-state index is 13.4. The van der Waals surface area contributed by atoms with Gasteiger partial charge in [0.15, 0.2) is 0 Å². The predicted octanol–water partition coefficient (Wildman–Crippen LogP) is 5.56. The molecule has 12 nitrogen and oxygen atoms in total. The van der Waals surface area contributed by atoms with Crippen LogP contribution in [0.2, 0.25) is 0 Å². The number of carbonyl (C=O) groups is 6. The van der Waals surface area contributed by atoms with E-state index in [1.54, 1.807) is 0 Å². The molecule has 0 bridgehead atoms. The van der Waals surface area contributed by atoms with Crippen molar-refractivity contribution in [2.45, 2.75) is 174 Å². The van der Waals surface area contributed by atoms with Crippen molar-refractivity contribution in [1.29, 1.82) is 0 Å². The molecule has 0 saturated heterocycles. The summed E-state index contributed by atoms with van der Waals surface area (Å²) in [4.78, 5) is 77.0. The first kappa shape index (κ1) is 47.1. The fourth-order valence-corrected chi connectivity index (χ4v) is 5.91. The Kier molecular flexibility index (Phi) is 26.2. The maximum Gasteiger partial charge on any atom is 0.328 e. The van der Waals surface area contributed by atoms with Gasteiger partial charge in [0, 0.05) is 25.8 Å². The lowest BCUT2D eigenvalue weighted by Crippen LogP contribution is -2.56. The Morgan fingerprint density at radius 3 is 1.60 bits per heavy atom. The summed E-state index contributed by atoms with van der Waals surface area (Å²) in [6.07, 6.45) is 17.1. The van der Waals surface area contributed by atoms with Gasteiger partial charge >= 0.3 is 5.97 Å². The highest BCUT2D eigenvalue weighted by molar-refractivity contribution is 5.94. The smallest absolute Gasteiger partial charge is 0.328 e. The second-order valence-electron chi connectivity index (χ2n) is 14.1. The van der Waals surface area contributed by atoms with Crippen LogP contribution in [0.15, 0.2) is 30.3 Å². The van der Waals surface area contributed by atoms with Crippen LogP contribution in [0.3, 0.4) is 0 Å². The van der Waals surface area contributed by atoms with Gasteiger partial charge in [-0.2, -0.15) is 0 Å². The third-order valence-electron chi connectivity index (χ3n) is 9.25. The Morgan fingerprint density at radius 2 is 1.06 bits per heavy atom. The lowest BCUT2D eigenvalue weighted by molar-refractivity contribution is -0.145. The number of nitrogens with one attached hydrogen (secondary N) is 5. The number of hydrogen-bond donors (Lipinski definition) is 5. The summed E-state index contributed by atoms with van der Waals surface area (Å²) < 4.78 is 4.86. The van der Waals surface area contributed by atoms with E-state index in [4.69, 9.17) is 4.74 Å². The number of hydrogen-bond acceptors (Lipinski definition) is 7. The average molecular weight is 744 g/mol. The lowest BCUT2D eigenvalue weighted by Gasteiger charge is -2.23. The topological polar surface area (TPSA) is 172 Å². The minimum atomic E-state index is -1.03. The van der Waals surface area contributed by atoms with Gasteiger partial charge in [0.1, 0.15) is 24.2 Å². The van der Waals surface area contributed by atoms with E-state index in [9.17, 15) is 28.8 Å². The summed E-state index contributed by atoms with van der Waals surface area (Å²) in [7, 11) is 1.24. The summed E-state index contributed by atoms with van der Waals surface area (Å²) in [6.45, 7) is 7.70. The summed E-state index contributed by atoms with van der Waals surface area (Å²) >= 11 is 0. The van der Waals surface area contributed by atoms with Gasteiger partial charge in [0.25, 0.3) is 0 Å². The molecule has 0 aliphatic heterocycles. The third-order valence-corrected chi connectivity index (χ3v) is 9.25. The van der Waals surface area contributed by atoms with E-state index in [1.165, 1.54) is 65.9 Å². The van der Waals surface area contributed by atoms with Crippen LogP contribution in [0, 0.1) is 0 Å². The number of esters is 1. The van der Waals surface area contributed by atoms with Gasteiger partial charge in [-0.15, -0.1) is 0 Å². The van der Waals surface area contributed by atoms with E-state index < -0.39 is 47.9 Å². The molecule has 1 rings (SSSR count). The van der Waals surface area contributed by atoms with Crippen LogP contribution in [0.5, 0.6) is 0 Å². The highest BCUT2D eigenvalue weighted by atomic mass is 16.5. The lowest BCUT2D eigenvalue weighted by atomic mass is 10.1. The fourth-order valence-electron chi connectivity index (χ4n) is 5.91. The van der Waals surface area contributed by atoms with Crippen molar-refractivity contribution in [1.82, 2.24) is 26.6 Å². The van der Waals surface area contributed by atoms with Crippen molar-refractivity contribution in [2.24, 2.45) is 0 Å². The summed E-state index contributed by atoms with van der Waals surface area (Å²) in [5, 5.41) is 13.7. The summed E-state index contributed by atoms with van der Waals surface area (Å²) in [5.41, 5.74) is 0.825. The minimum Gasteiger partial charge on any atom is -0.467 e. The molecule has 300 valence electrons. The van der Waals surface area contributed by atoms with Crippen LogP contribution < -0.4 is 26.6 Å². The van der Waals surface area contributed by atoms with Gasteiger partial charge in [-0.05, 0) is 45.1 Å². The molecule has 1 aromatic carbocycles. The molecule has 0 aromatic heterocycles. The molecular formula is C41H69N5O7. The molecule has 4 atom stereocenters. The van der Waals surface area contributed by atoms with E-state index in [0.717, 1.165) is 50.5 Å². The van der Waals surface area contributed by atoms with Crippen LogP contribution in [-0.4, -0.2) is 73.3 Å². The van der Waals surface area contributed by atoms with E-state index in [0.29, 0.717) is 25.8 Å². The molecule has 0 radical (unpaired) electrons. The standard InChI is InChI=1S/C41H69N5O7/c1-6-8-10-12-14-16-21-27-36(47)42-29-23-26-34(45-37(48)28-22-17-15-13-11-9-7-2)40(51)44-31(3)38(49)43-32(4)39(50)46-35(41(52)53-5)30-33-24-19-18-20-25-33/h18-20,24-25,31-32,34-35H,6-17,21-23,26-30H2,1-5H3,(H,42,47)(H,43,49)(H,44,51)(H,45,48)(H,46,50)/t31-,32-,34-,35-/m0/s1. The van der Waals surface area contributed by atoms with Crippen LogP contribution >= 0.6 is 0 Å². The Bertz CT molecular complexity index is 1210. The zero-order chi connectivity index (χ0) is 39.3. The Labute approximate surface area is 318 Å². The molecule has 0 spiro atoms. The van der Waals surface area contributed by atoms with Gasteiger partial charge in [-0.1, -0.05) is 121 Å². The number of methoxy groups -OCH3 is 1. The largest absolute Gasteiger partial charge is 0.467 e. The molecule has 0 aliphatic carbocycles.